The molecule has 0 heterocycles. The standard InChI is InChI=1S/C18H30O3S.2Na/c1-2-3-4-5-6-7-8-9-10-14-17-21-22(19,20)18-15-12-11-13-16-18;;/h11-13,15-16H,2-10,14,17H2,1H3;;. The molecule has 0 unspecified atom stereocenters. The van der Waals surface area contributed by atoms with Gasteiger partial charge in [-0.05, 0) is 18.6 Å². The van der Waals surface area contributed by atoms with Gasteiger partial charge in [0.2, 0.25) is 0 Å². The Morgan fingerprint density at radius 1 is 0.750 bits per heavy atom. The first-order chi connectivity index (χ1) is 10.7. The van der Waals surface area contributed by atoms with Crippen molar-refractivity contribution in [1.82, 2.24) is 0 Å². The quantitative estimate of drug-likeness (QED) is 0.290. The molecular weight excluding hydrogens is 342 g/mol. The van der Waals surface area contributed by atoms with E-state index in [0.29, 0.717) is 0 Å². The molecule has 0 aliphatic rings. The molecule has 1 aromatic carbocycles. The fraction of sp³-hybridized carbons (Fsp3) is 0.667. The van der Waals surface area contributed by atoms with Crippen LogP contribution in [0.25, 0.3) is 0 Å². The van der Waals surface area contributed by atoms with Gasteiger partial charge in [0.1, 0.15) is 0 Å². The van der Waals surface area contributed by atoms with Crippen molar-refractivity contribution in [2.24, 2.45) is 0 Å². The Morgan fingerprint density at radius 2 is 1.21 bits per heavy atom. The van der Waals surface area contributed by atoms with Gasteiger partial charge in [0.05, 0.1) is 11.5 Å². The zero-order chi connectivity index (χ0) is 16.1. The molecule has 1 aromatic rings. The van der Waals surface area contributed by atoms with Crippen molar-refractivity contribution in [1.29, 1.82) is 0 Å². The minimum atomic E-state index is -3.57. The maximum atomic E-state index is 11.9. The largest absolute Gasteiger partial charge is 0.296 e. The first kappa shape index (κ1) is 27.3. The third-order valence-corrected chi connectivity index (χ3v) is 5.09. The Kier molecular flexibility index (Phi) is 20.0. The molecule has 0 aromatic heterocycles. The molecule has 1 rings (SSSR count). The van der Waals surface area contributed by atoms with E-state index in [-0.39, 0.29) is 70.6 Å². The molecule has 0 aliphatic heterocycles. The van der Waals surface area contributed by atoms with Gasteiger partial charge in [0.25, 0.3) is 10.1 Å². The first-order valence-corrected chi connectivity index (χ1v) is 10.0. The van der Waals surface area contributed by atoms with Crippen LogP contribution < -0.4 is 0 Å². The molecule has 0 spiro atoms. The summed E-state index contributed by atoms with van der Waals surface area (Å²) < 4.78 is 28.8. The van der Waals surface area contributed by atoms with Gasteiger partial charge in [0, 0.05) is 59.1 Å². The van der Waals surface area contributed by atoms with Crippen molar-refractivity contribution in [3.8, 4) is 0 Å². The van der Waals surface area contributed by atoms with Crippen LogP contribution in [0.5, 0.6) is 0 Å². The number of hydrogen-bond acceptors (Lipinski definition) is 3. The van der Waals surface area contributed by atoms with Crippen molar-refractivity contribution in [3.63, 3.8) is 0 Å². The minimum Gasteiger partial charge on any atom is -0.266 e. The topological polar surface area (TPSA) is 43.4 Å². The fourth-order valence-corrected chi connectivity index (χ4v) is 3.38. The Morgan fingerprint density at radius 3 is 1.71 bits per heavy atom. The van der Waals surface area contributed by atoms with Crippen LogP contribution in [0.3, 0.4) is 0 Å². The average molecular weight is 372 g/mol. The summed E-state index contributed by atoms with van der Waals surface area (Å²) in [4.78, 5) is 0.238. The van der Waals surface area contributed by atoms with E-state index < -0.39 is 10.1 Å². The summed E-state index contributed by atoms with van der Waals surface area (Å²) in [5.41, 5.74) is 0. The van der Waals surface area contributed by atoms with Gasteiger partial charge in [-0.15, -0.1) is 0 Å². The summed E-state index contributed by atoms with van der Waals surface area (Å²) in [6, 6.07) is 8.33. The van der Waals surface area contributed by atoms with Crippen molar-refractivity contribution in [2.45, 2.75) is 76.0 Å². The zero-order valence-electron chi connectivity index (χ0n) is 15.8. The monoisotopic (exact) mass is 372 g/mol. The van der Waals surface area contributed by atoms with Crippen LogP contribution in [0.1, 0.15) is 71.1 Å². The summed E-state index contributed by atoms with van der Waals surface area (Å²) in [5, 5.41) is 0. The van der Waals surface area contributed by atoms with E-state index in [1.165, 1.54) is 51.4 Å². The molecule has 128 valence electrons. The Bertz CT molecular complexity index is 478. The first-order valence-electron chi connectivity index (χ1n) is 8.61. The van der Waals surface area contributed by atoms with Crippen LogP contribution in [0.2, 0.25) is 0 Å². The molecule has 0 fully saturated rings. The molecule has 0 aliphatic carbocycles. The van der Waals surface area contributed by atoms with Gasteiger partial charge in [0.15, 0.2) is 0 Å². The van der Waals surface area contributed by atoms with E-state index in [9.17, 15) is 8.42 Å². The number of hydrogen-bond donors (Lipinski definition) is 0. The molecule has 6 heteroatoms. The van der Waals surface area contributed by atoms with Crippen molar-refractivity contribution in [3.05, 3.63) is 30.3 Å². The molecule has 0 saturated heterocycles. The minimum absolute atomic E-state index is 0. The van der Waals surface area contributed by atoms with Crippen LogP contribution >= 0.6 is 0 Å². The average Bonchev–Trinajstić information content (AvgIpc) is 2.53. The summed E-state index contributed by atoms with van der Waals surface area (Å²) in [7, 11) is -3.57. The summed E-state index contributed by atoms with van der Waals surface area (Å²) in [5.74, 6) is 0. The Balaban J connectivity index is 0. The molecule has 0 saturated carbocycles. The smallest absolute Gasteiger partial charge is 0.266 e. The SMILES string of the molecule is CCCCCCCCCCCCOS(=O)(=O)c1ccccc1.[Na].[Na]. The van der Waals surface area contributed by atoms with Crippen molar-refractivity contribution < 1.29 is 12.6 Å². The van der Waals surface area contributed by atoms with Gasteiger partial charge in [-0.3, -0.25) is 4.18 Å². The second kappa shape index (κ2) is 17.5. The van der Waals surface area contributed by atoms with Crippen LogP contribution in [0.4, 0.5) is 0 Å². The van der Waals surface area contributed by atoms with E-state index in [2.05, 4.69) is 6.92 Å². The normalized spacial score (nSPS) is 10.7. The van der Waals surface area contributed by atoms with Crippen molar-refractivity contribution in [2.75, 3.05) is 6.61 Å². The molecule has 0 amide bonds. The molecular formula is C18H30Na2O3S. The Hall–Kier alpha value is 1.13. The molecule has 24 heavy (non-hydrogen) atoms. The van der Waals surface area contributed by atoms with E-state index in [1.807, 2.05) is 0 Å². The number of benzene rings is 1. The summed E-state index contributed by atoms with van der Waals surface area (Å²) in [6.45, 7) is 2.52. The zero-order valence-corrected chi connectivity index (χ0v) is 20.6. The van der Waals surface area contributed by atoms with Gasteiger partial charge >= 0.3 is 0 Å². The molecule has 3 nitrogen and oxygen atoms in total. The predicted octanol–water partition coefficient (Wildman–Crippen LogP) is 4.55. The fourth-order valence-electron chi connectivity index (χ4n) is 2.41. The van der Waals surface area contributed by atoms with Gasteiger partial charge in [-0.2, -0.15) is 8.42 Å². The van der Waals surface area contributed by atoms with E-state index in [0.717, 1.165) is 12.8 Å². The molecule has 0 atom stereocenters. The van der Waals surface area contributed by atoms with E-state index in [1.54, 1.807) is 30.3 Å². The second-order valence-electron chi connectivity index (χ2n) is 5.77. The van der Waals surface area contributed by atoms with E-state index >= 15 is 0 Å². The van der Waals surface area contributed by atoms with Crippen LogP contribution in [0, 0.1) is 0 Å². The van der Waals surface area contributed by atoms with Gasteiger partial charge in [-0.25, -0.2) is 0 Å². The summed E-state index contributed by atoms with van der Waals surface area (Å²) >= 11 is 0. The maximum absolute atomic E-state index is 11.9. The van der Waals surface area contributed by atoms with Crippen molar-refractivity contribution >= 4 is 69.2 Å². The molecule has 0 N–H and O–H groups in total. The summed E-state index contributed by atoms with van der Waals surface area (Å²) in [6.07, 6.45) is 12.3. The molecule has 2 radical (unpaired) electrons. The Labute approximate surface area is 193 Å². The third kappa shape index (κ3) is 13.3. The van der Waals surface area contributed by atoms with Crippen LogP contribution in [0.15, 0.2) is 35.2 Å². The molecule has 0 bridgehead atoms. The second-order valence-corrected chi connectivity index (χ2v) is 7.39. The van der Waals surface area contributed by atoms with Crippen LogP contribution in [-0.4, -0.2) is 74.1 Å². The van der Waals surface area contributed by atoms with Gasteiger partial charge in [-0.1, -0.05) is 82.9 Å². The van der Waals surface area contributed by atoms with Crippen LogP contribution in [-0.2, 0) is 14.3 Å². The number of rotatable bonds is 13. The third-order valence-electron chi connectivity index (χ3n) is 3.77. The van der Waals surface area contributed by atoms with E-state index in [4.69, 9.17) is 4.18 Å². The predicted molar refractivity (Wildman–Crippen MR) is 103 cm³/mol. The van der Waals surface area contributed by atoms with Gasteiger partial charge < -0.3 is 0 Å². The maximum Gasteiger partial charge on any atom is 0.296 e. The number of unbranched alkanes of at least 4 members (excludes halogenated alkanes) is 9.